The Labute approximate surface area is 153 Å². The molecule has 0 saturated heterocycles. The van der Waals surface area contributed by atoms with E-state index in [9.17, 15) is 0 Å². The van der Waals surface area contributed by atoms with Crippen molar-refractivity contribution in [3.63, 3.8) is 0 Å². The standard InChI is InChI=1S/C8H9I.C4H6IN.CH4IP/c1-7(9)8-5-3-2-4-6-8;1-4(2,5)3-6;1-3-2/h2-7H,1H3;1-2H3;3H,1H3. The molecule has 0 aromatic heterocycles. The molecule has 0 heterocycles. The second-order valence-corrected chi connectivity index (χ2v) is 12.0. The highest BCUT2D eigenvalue weighted by molar-refractivity contribution is 14.2. The van der Waals surface area contributed by atoms with Gasteiger partial charge in [-0.3, -0.25) is 0 Å². The van der Waals surface area contributed by atoms with Gasteiger partial charge in [0.15, 0.2) is 0 Å². The van der Waals surface area contributed by atoms with Crippen molar-refractivity contribution in [1.82, 2.24) is 0 Å². The molecule has 0 N–H and O–H groups in total. The van der Waals surface area contributed by atoms with Gasteiger partial charge in [-0.15, -0.1) is 0 Å². The van der Waals surface area contributed by atoms with Gasteiger partial charge in [0.25, 0.3) is 0 Å². The lowest BCUT2D eigenvalue weighted by Crippen LogP contribution is -2.01. The number of hydrogen-bond donors (Lipinski definition) is 0. The Bertz CT molecular complexity index is 328. The van der Waals surface area contributed by atoms with Crippen LogP contribution < -0.4 is 0 Å². The quantitative estimate of drug-likeness (QED) is 0.204. The minimum atomic E-state index is -0.183. The first-order chi connectivity index (χ1) is 8.28. The molecule has 102 valence electrons. The topological polar surface area (TPSA) is 23.8 Å². The Kier molecular flexibility index (Phi) is 16.0. The number of hydrogen-bond acceptors (Lipinski definition) is 1. The summed E-state index contributed by atoms with van der Waals surface area (Å²) in [5, 5.41) is 8.15. The zero-order valence-electron chi connectivity index (χ0n) is 11.0. The van der Waals surface area contributed by atoms with Gasteiger partial charge in [0, 0.05) is 3.92 Å². The van der Waals surface area contributed by atoms with Crippen LogP contribution in [0.3, 0.4) is 0 Å². The van der Waals surface area contributed by atoms with E-state index < -0.39 is 0 Å². The highest BCUT2D eigenvalue weighted by Crippen LogP contribution is 2.20. The molecular formula is C13H19I3NP. The van der Waals surface area contributed by atoms with Gasteiger partial charge in [0.05, 0.1) is 6.07 Å². The molecule has 0 bridgehead atoms. The van der Waals surface area contributed by atoms with Crippen molar-refractivity contribution < 1.29 is 0 Å². The highest BCUT2D eigenvalue weighted by atomic mass is 127. The summed E-state index contributed by atoms with van der Waals surface area (Å²) in [6.45, 7) is 8.07. The van der Waals surface area contributed by atoms with E-state index in [2.05, 4.69) is 111 Å². The largest absolute Gasteiger partial charge is 0.197 e. The molecule has 0 radical (unpaired) electrons. The van der Waals surface area contributed by atoms with E-state index in [0.717, 1.165) is 6.22 Å². The molecule has 1 rings (SSSR count). The van der Waals surface area contributed by atoms with Crippen LogP contribution in [0.25, 0.3) is 0 Å². The van der Waals surface area contributed by atoms with Crippen LogP contribution in [0.4, 0.5) is 0 Å². The van der Waals surface area contributed by atoms with E-state index in [0.29, 0.717) is 3.92 Å². The molecule has 0 aliphatic carbocycles. The van der Waals surface area contributed by atoms with Crippen LogP contribution in [0, 0.1) is 11.3 Å². The van der Waals surface area contributed by atoms with Crippen LogP contribution in [0.15, 0.2) is 30.3 Å². The summed E-state index contributed by atoms with van der Waals surface area (Å²) < 4.78 is 0.446. The van der Waals surface area contributed by atoms with Crippen molar-refractivity contribution in [2.24, 2.45) is 0 Å². The summed E-state index contributed by atoms with van der Waals surface area (Å²) in [5.41, 5.74) is 1.40. The van der Waals surface area contributed by atoms with E-state index in [-0.39, 0.29) is 3.42 Å². The van der Waals surface area contributed by atoms with Gasteiger partial charge >= 0.3 is 0 Å². The van der Waals surface area contributed by atoms with Gasteiger partial charge < -0.3 is 0 Å². The van der Waals surface area contributed by atoms with E-state index in [4.69, 9.17) is 5.26 Å². The van der Waals surface area contributed by atoms with Gasteiger partial charge in [-0.25, -0.2) is 0 Å². The number of alkyl halides is 2. The number of halogens is 3. The summed E-state index contributed by atoms with van der Waals surface area (Å²) in [6, 6.07) is 12.6. The van der Waals surface area contributed by atoms with E-state index in [1.54, 1.807) is 0 Å². The summed E-state index contributed by atoms with van der Waals surface area (Å²) in [5.74, 6) is 0. The molecular weight excluding hydrogens is 582 g/mol. The predicted octanol–water partition coefficient (Wildman–Crippen LogP) is 6.55. The van der Waals surface area contributed by atoms with Gasteiger partial charge in [0.2, 0.25) is 0 Å². The van der Waals surface area contributed by atoms with Gasteiger partial charge in [-0.2, -0.15) is 5.26 Å². The number of benzene rings is 1. The maximum Gasteiger partial charge on any atom is 0.103 e. The first kappa shape index (κ1) is 21.6. The Balaban J connectivity index is 0. The van der Waals surface area contributed by atoms with Crippen LogP contribution in [0.5, 0.6) is 0 Å². The molecule has 2 unspecified atom stereocenters. The molecule has 1 aromatic rings. The maximum absolute atomic E-state index is 8.15. The van der Waals surface area contributed by atoms with Crippen LogP contribution in [-0.2, 0) is 0 Å². The van der Waals surface area contributed by atoms with Crippen molar-refractivity contribution in [3.05, 3.63) is 35.9 Å². The Morgan fingerprint density at radius 2 is 1.61 bits per heavy atom. The normalized spacial score (nSPS) is 11.7. The minimum Gasteiger partial charge on any atom is -0.197 e. The molecule has 0 saturated carbocycles. The monoisotopic (exact) mass is 601 g/mol. The third-order valence-electron chi connectivity index (χ3n) is 1.52. The fourth-order valence-corrected chi connectivity index (χ4v) is 1.13. The lowest BCUT2D eigenvalue weighted by atomic mass is 10.2. The lowest BCUT2D eigenvalue weighted by Gasteiger charge is -1.99. The summed E-state index contributed by atoms with van der Waals surface area (Å²) in [7, 11) is 0. The molecule has 0 amide bonds. The van der Waals surface area contributed by atoms with Crippen molar-refractivity contribution in [2.75, 3.05) is 6.66 Å². The summed E-state index contributed by atoms with van der Waals surface area (Å²) in [4.78, 5) is 0. The van der Waals surface area contributed by atoms with Crippen molar-refractivity contribution in [1.29, 1.82) is 5.26 Å². The SMILES string of the molecule is CC(C)(I)C#N.CC(I)c1ccccc1.CPI. The molecule has 18 heavy (non-hydrogen) atoms. The zero-order chi connectivity index (χ0) is 14.6. The second kappa shape index (κ2) is 13.3. The molecule has 0 spiro atoms. The fraction of sp³-hybridized carbons (Fsp3) is 0.462. The Hall–Kier alpha value is 1.33. The molecule has 1 nitrogen and oxygen atoms in total. The number of rotatable bonds is 1. The van der Waals surface area contributed by atoms with Crippen molar-refractivity contribution in [3.8, 4) is 6.07 Å². The maximum atomic E-state index is 8.15. The average Bonchev–Trinajstić information content (AvgIpc) is 2.31. The number of nitrogens with zero attached hydrogens (tertiary/aromatic N) is 1. The third-order valence-corrected chi connectivity index (χ3v) is 2.49. The van der Waals surface area contributed by atoms with Gasteiger partial charge in [-0.1, -0.05) is 104 Å². The smallest absolute Gasteiger partial charge is 0.103 e. The first-order valence-electron chi connectivity index (χ1n) is 5.35. The average molecular weight is 601 g/mol. The van der Waals surface area contributed by atoms with Crippen molar-refractivity contribution >= 4 is 73.4 Å². The molecule has 2 atom stereocenters. The molecule has 0 aliphatic heterocycles. The molecule has 1 aromatic carbocycles. The van der Waals surface area contributed by atoms with E-state index in [1.807, 2.05) is 19.9 Å². The number of nitriles is 1. The van der Waals surface area contributed by atoms with Gasteiger partial charge in [-0.05, 0) is 33.0 Å². The Morgan fingerprint density at radius 1 is 1.28 bits per heavy atom. The summed E-state index contributed by atoms with van der Waals surface area (Å²) in [6.07, 6.45) is 1.05. The molecule has 5 heteroatoms. The van der Waals surface area contributed by atoms with E-state index in [1.165, 1.54) is 5.56 Å². The van der Waals surface area contributed by atoms with E-state index >= 15 is 0 Å². The third kappa shape index (κ3) is 17.3. The lowest BCUT2D eigenvalue weighted by molar-refractivity contribution is 0.959. The van der Waals surface area contributed by atoms with Crippen LogP contribution >= 0.6 is 73.4 Å². The van der Waals surface area contributed by atoms with Crippen LogP contribution in [0.1, 0.15) is 30.3 Å². The first-order valence-corrected chi connectivity index (χ1v) is 12.3. The fourth-order valence-electron chi connectivity index (χ4n) is 0.718. The van der Waals surface area contributed by atoms with Crippen LogP contribution in [0.2, 0.25) is 0 Å². The van der Waals surface area contributed by atoms with Crippen molar-refractivity contribution in [2.45, 2.75) is 28.1 Å². The van der Waals surface area contributed by atoms with Gasteiger partial charge in [0.1, 0.15) is 3.42 Å². The van der Waals surface area contributed by atoms with Crippen LogP contribution in [-0.4, -0.2) is 10.1 Å². The molecule has 0 aliphatic rings. The second-order valence-electron chi connectivity index (χ2n) is 3.80. The minimum absolute atomic E-state index is 0.183. The highest BCUT2D eigenvalue weighted by Gasteiger charge is 2.07. The molecule has 0 fully saturated rings. The Morgan fingerprint density at radius 3 is 1.78 bits per heavy atom. The predicted molar refractivity (Wildman–Crippen MR) is 111 cm³/mol. The zero-order valence-corrected chi connectivity index (χ0v) is 18.5. The summed E-state index contributed by atoms with van der Waals surface area (Å²) >= 11 is 6.80.